The number of nitrogens with zero attached hydrogens (tertiary/aromatic N) is 3. The summed E-state index contributed by atoms with van der Waals surface area (Å²) in [6.07, 6.45) is 1.90. The third-order valence-corrected chi connectivity index (χ3v) is 4.81. The minimum absolute atomic E-state index is 0.179. The van der Waals surface area contributed by atoms with Crippen molar-refractivity contribution in [2.75, 3.05) is 13.4 Å². The molecule has 2 heterocycles. The van der Waals surface area contributed by atoms with Crippen LogP contribution >= 0.6 is 11.6 Å². The van der Waals surface area contributed by atoms with Crippen molar-refractivity contribution in [2.45, 2.75) is 25.7 Å². The largest absolute Gasteiger partial charge is 0.449 e. The molecule has 0 amide bonds. The molecular formula is C13H20ClN3O2Si. The lowest BCUT2D eigenvalue weighted by atomic mass is 10.4. The first-order chi connectivity index (χ1) is 9.37. The zero-order chi connectivity index (χ0) is 14.8. The number of aryl methyl sites for hydroxylation is 1. The Kier molecular flexibility index (Phi) is 4.67. The number of hydrogen-bond acceptors (Lipinski definition) is 4. The Labute approximate surface area is 124 Å². The Bertz CT molecular complexity index is 595. The molecular weight excluding hydrogens is 294 g/mol. The average molecular weight is 314 g/mol. The quantitative estimate of drug-likeness (QED) is 0.355. The second kappa shape index (κ2) is 6.11. The van der Waals surface area contributed by atoms with Gasteiger partial charge in [-0.05, 0) is 23.7 Å². The fourth-order valence-corrected chi connectivity index (χ4v) is 2.69. The zero-order valence-electron chi connectivity index (χ0n) is 12.3. The molecule has 0 aliphatic carbocycles. The molecule has 2 aromatic rings. The van der Waals surface area contributed by atoms with Gasteiger partial charge in [0.15, 0.2) is 6.79 Å². The highest BCUT2D eigenvalue weighted by Crippen LogP contribution is 2.24. The number of ether oxygens (including phenoxy) is 2. The maximum Gasteiger partial charge on any atom is 0.245 e. The van der Waals surface area contributed by atoms with Gasteiger partial charge in [0, 0.05) is 27.9 Å². The third kappa shape index (κ3) is 3.94. The van der Waals surface area contributed by atoms with Gasteiger partial charge in [-0.2, -0.15) is 4.98 Å². The van der Waals surface area contributed by atoms with E-state index in [1.807, 2.05) is 23.9 Å². The van der Waals surface area contributed by atoms with E-state index in [0.717, 1.165) is 17.1 Å². The first-order valence-electron chi connectivity index (χ1n) is 6.56. The first kappa shape index (κ1) is 15.3. The van der Waals surface area contributed by atoms with Crippen molar-refractivity contribution >= 4 is 30.7 Å². The molecule has 0 unspecified atom stereocenters. The maximum atomic E-state index is 5.89. The standard InChI is InChI=1S/C13H20ClN3O2Si/c1-17-6-5-10-11(17)12(16-13(14)15-10)19-9-18-7-8-20(2,3)4/h5-6H,7-9H2,1-4H3. The summed E-state index contributed by atoms with van der Waals surface area (Å²) in [7, 11) is 0.847. The molecule has 5 nitrogen and oxygen atoms in total. The fourth-order valence-electron chi connectivity index (χ4n) is 1.76. The van der Waals surface area contributed by atoms with Crippen molar-refractivity contribution < 1.29 is 9.47 Å². The van der Waals surface area contributed by atoms with Crippen LogP contribution in [-0.2, 0) is 11.8 Å². The van der Waals surface area contributed by atoms with Crippen molar-refractivity contribution in [3.05, 3.63) is 17.5 Å². The van der Waals surface area contributed by atoms with Gasteiger partial charge >= 0.3 is 0 Å². The van der Waals surface area contributed by atoms with Gasteiger partial charge in [0.25, 0.3) is 0 Å². The van der Waals surface area contributed by atoms with Crippen molar-refractivity contribution in [3.63, 3.8) is 0 Å². The summed E-state index contributed by atoms with van der Waals surface area (Å²) in [6, 6.07) is 2.99. The van der Waals surface area contributed by atoms with E-state index in [-0.39, 0.29) is 12.1 Å². The molecule has 0 saturated carbocycles. The van der Waals surface area contributed by atoms with Crippen LogP contribution in [0.2, 0.25) is 31.0 Å². The van der Waals surface area contributed by atoms with Crippen LogP contribution in [-0.4, -0.2) is 36.0 Å². The second-order valence-electron chi connectivity index (χ2n) is 5.94. The topological polar surface area (TPSA) is 49.2 Å². The molecule has 0 aliphatic rings. The first-order valence-corrected chi connectivity index (χ1v) is 10.6. The molecule has 2 aromatic heterocycles. The van der Waals surface area contributed by atoms with Crippen LogP contribution in [0.1, 0.15) is 0 Å². The Balaban J connectivity index is 1.98. The summed E-state index contributed by atoms with van der Waals surface area (Å²) >= 11 is 5.89. The number of halogens is 1. The molecule has 2 rings (SSSR count). The molecule has 20 heavy (non-hydrogen) atoms. The van der Waals surface area contributed by atoms with Gasteiger partial charge in [-0.25, -0.2) is 4.98 Å². The lowest BCUT2D eigenvalue weighted by Gasteiger charge is -2.15. The Morgan fingerprint density at radius 2 is 2.05 bits per heavy atom. The predicted molar refractivity (Wildman–Crippen MR) is 83.1 cm³/mol. The Hall–Kier alpha value is -1.11. The van der Waals surface area contributed by atoms with Crippen LogP contribution in [0.4, 0.5) is 0 Å². The van der Waals surface area contributed by atoms with E-state index in [1.165, 1.54) is 0 Å². The fraction of sp³-hybridized carbons (Fsp3) is 0.538. The van der Waals surface area contributed by atoms with E-state index < -0.39 is 8.07 Å². The molecule has 0 aliphatic heterocycles. The molecule has 0 N–H and O–H groups in total. The normalized spacial score (nSPS) is 12.1. The van der Waals surface area contributed by atoms with Gasteiger partial charge in [-0.1, -0.05) is 19.6 Å². The second-order valence-corrected chi connectivity index (χ2v) is 11.9. The molecule has 0 bridgehead atoms. The van der Waals surface area contributed by atoms with Gasteiger partial charge in [0.2, 0.25) is 11.2 Å². The minimum Gasteiger partial charge on any atom is -0.449 e. The van der Waals surface area contributed by atoms with E-state index >= 15 is 0 Å². The summed E-state index contributed by atoms with van der Waals surface area (Å²) in [5, 5.41) is 0.181. The number of aromatic nitrogens is 3. The van der Waals surface area contributed by atoms with Crippen LogP contribution in [0.25, 0.3) is 11.0 Å². The summed E-state index contributed by atoms with van der Waals surface area (Å²) < 4.78 is 13.0. The highest BCUT2D eigenvalue weighted by atomic mass is 35.5. The maximum absolute atomic E-state index is 5.89. The van der Waals surface area contributed by atoms with E-state index in [0.29, 0.717) is 12.5 Å². The summed E-state index contributed by atoms with van der Waals surface area (Å²) in [5.41, 5.74) is 1.59. The van der Waals surface area contributed by atoms with E-state index in [4.69, 9.17) is 21.1 Å². The number of fused-ring (bicyclic) bond motifs is 1. The molecule has 0 spiro atoms. The van der Waals surface area contributed by atoms with E-state index in [9.17, 15) is 0 Å². The summed E-state index contributed by atoms with van der Waals surface area (Å²) in [4.78, 5) is 8.27. The molecule has 0 saturated heterocycles. The molecule has 0 aromatic carbocycles. The zero-order valence-corrected chi connectivity index (χ0v) is 14.1. The van der Waals surface area contributed by atoms with Crippen LogP contribution in [0.3, 0.4) is 0 Å². The highest BCUT2D eigenvalue weighted by Gasteiger charge is 2.13. The summed E-state index contributed by atoms with van der Waals surface area (Å²) in [6.45, 7) is 7.83. The predicted octanol–water partition coefficient (Wildman–Crippen LogP) is 3.31. The number of hydrogen-bond donors (Lipinski definition) is 0. The Morgan fingerprint density at radius 3 is 2.75 bits per heavy atom. The van der Waals surface area contributed by atoms with Gasteiger partial charge in [-0.15, -0.1) is 0 Å². The summed E-state index contributed by atoms with van der Waals surface area (Å²) in [5.74, 6) is 0.459. The lowest BCUT2D eigenvalue weighted by Crippen LogP contribution is -2.22. The van der Waals surface area contributed by atoms with Crippen molar-refractivity contribution in [1.29, 1.82) is 0 Å². The van der Waals surface area contributed by atoms with Crippen LogP contribution in [0, 0.1) is 0 Å². The average Bonchev–Trinajstić information content (AvgIpc) is 2.68. The van der Waals surface area contributed by atoms with E-state index in [2.05, 4.69) is 29.6 Å². The van der Waals surface area contributed by atoms with Gasteiger partial charge in [-0.3, -0.25) is 0 Å². The SMILES string of the molecule is Cn1ccc2nc(Cl)nc(OCOCC[Si](C)(C)C)c21. The van der Waals surface area contributed by atoms with Crippen molar-refractivity contribution in [3.8, 4) is 5.88 Å². The smallest absolute Gasteiger partial charge is 0.245 e. The lowest BCUT2D eigenvalue weighted by molar-refractivity contribution is 0.0201. The van der Waals surface area contributed by atoms with E-state index in [1.54, 1.807) is 0 Å². The van der Waals surface area contributed by atoms with Gasteiger partial charge in [0.05, 0.1) is 5.52 Å². The van der Waals surface area contributed by atoms with Gasteiger partial charge < -0.3 is 14.0 Å². The van der Waals surface area contributed by atoms with Crippen molar-refractivity contribution in [1.82, 2.24) is 14.5 Å². The molecule has 0 radical (unpaired) electrons. The minimum atomic E-state index is -1.07. The van der Waals surface area contributed by atoms with Crippen LogP contribution in [0.5, 0.6) is 5.88 Å². The van der Waals surface area contributed by atoms with Crippen LogP contribution < -0.4 is 4.74 Å². The van der Waals surface area contributed by atoms with Crippen LogP contribution in [0.15, 0.2) is 12.3 Å². The molecule has 7 heteroatoms. The van der Waals surface area contributed by atoms with Gasteiger partial charge in [0.1, 0.15) is 5.52 Å². The monoisotopic (exact) mass is 313 g/mol. The van der Waals surface area contributed by atoms with Crippen molar-refractivity contribution in [2.24, 2.45) is 7.05 Å². The Morgan fingerprint density at radius 1 is 1.30 bits per heavy atom. The highest BCUT2D eigenvalue weighted by molar-refractivity contribution is 6.76. The number of rotatable bonds is 6. The molecule has 0 fully saturated rings. The molecule has 0 atom stereocenters. The molecule has 110 valence electrons. The third-order valence-electron chi connectivity index (χ3n) is 2.94.